The monoisotopic (exact) mass is 522 g/mol. The average Bonchev–Trinajstić information content (AvgIpc) is 3.06. The van der Waals surface area contributed by atoms with E-state index in [1.807, 2.05) is 0 Å². The Morgan fingerprint density at radius 3 is 2.34 bits per heavy atom. The van der Waals surface area contributed by atoms with Crippen molar-refractivity contribution in [2.45, 2.75) is 123 Å². The molecule has 4 aliphatic rings. The van der Waals surface area contributed by atoms with E-state index in [4.69, 9.17) is 4.18 Å². The van der Waals surface area contributed by atoms with Crippen LogP contribution in [0.4, 0.5) is 0 Å². The third kappa shape index (κ3) is 5.46. The van der Waals surface area contributed by atoms with Crippen LogP contribution >= 0.6 is 0 Å². The van der Waals surface area contributed by atoms with Gasteiger partial charge in [0.15, 0.2) is 0 Å². The second-order valence-corrected chi connectivity index (χ2v) is 14.4. The minimum atomic E-state index is -4.84. The molecule has 0 heterocycles. The molecule has 35 heavy (non-hydrogen) atoms. The van der Waals surface area contributed by atoms with Gasteiger partial charge >= 0.3 is 29.6 Å². The standard InChI is InChI=1S/C27H48O6S.Na/c1-17(2)7-6-8-18(3)21-9-10-22-20-15-24(28)27(29)16-19(33-34(30,31)32)11-14-26(27,5)23(20)12-13-25(21,22)4;/h17-24,28-29H,6-16H2,1-5H3,(H,30,31,32);/q;+1/p-1. The molecule has 2 N–H and O–H groups in total. The van der Waals surface area contributed by atoms with Crippen molar-refractivity contribution in [1.29, 1.82) is 0 Å². The Hall–Kier alpha value is 0.790. The number of hydrogen-bond donors (Lipinski definition) is 2. The summed E-state index contributed by atoms with van der Waals surface area (Å²) in [6.07, 6.45) is 8.34. The van der Waals surface area contributed by atoms with Gasteiger partial charge in [-0.25, -0.2) is 8.42 Å². The molecule has 0 spiro atoms. The van der Waals surface area contributed by atoms with E-state index in [-0.39, 0.29) is 36.0 Å². The molecule has 0 aromatic carbocycles. The summed E-state index contributed by atoms with van der Waals surface area (Å²) in [4.78, 5) is 0. The van der Waals surface area contributed by atoms with E-state index >= 15 is 0 Å². The molecule has 0 aromatic rings. The molecule has 10 atom stereocenters. The Bertz CT molecular complexity index is 851. The van der Waals surface area contributed by atoms with Gasteiger partial charge in [0, 0.05) is 11.8 Å². The van der Waals surface area contributed by atoms with Gasteiger partial charge in [0.25, 0.3) is 0 Å². The summed E-state index contributed by atoms with van der Waals surface area (Å²) in [5.41, 5.74) is -1.62. The van der Waals surface area contributed by atoms with Crippen molar-refractivity contribution < 1.29 is 56.9 Å². The molecular formula is C27H47NaO6S. The van der Waals surface area contributed by atoms with Crippen LogP contribution in [0.3, 0.4) is 0 Å². The Morgan fingerprint density at radius 1 is 1.03 bits per heavy atom. The Labute approximate surface area is 235 Å². The van der Waals surface area contributed by atoms with Crippen LogP contribution in [0.2, 0.25) is 0 Å². The fourth-order valence-electron chi connectivity index (χ4n) is 9.52. The minimum Gasteiger partial charge on any atom is -0.726 e. The maximum Gasteiger partial charge on any atom is 1.00 e. The maximum atomic E-state index is 11.8. The van der Waals surface area contributed by atoms with Crippen LogP contribution in [0.25, 0.3) is 0 Å². The van der Waals surface area contributed by atoms with Gasteiger partial charge in [-0.1, -0.05) is 53.9 Å². The number of aliphatic hydroxyl groups is 2. The predicted molar refractivity (Wildman–Crippen MR) is 130 cm³/mol. The molecule has 4 saturated carbocycles. The SMILES string of the molecule is CC(C)CCCC(C)C1CCC2C3CC(O)C4(O)CC(OS(=O)(=O)[O-])CCC4(C)C3CCC12C.[Na+]. The molecule has 4 rings (SSSR count). The summed E-state index contributed by atoms with van der Waals surface area (Å²) < 4.78 is 38.3. The fraction of sp³-hybridized carbons (Fsp3) is 1.00. The van der Waals surface area contributed by atoms with Gasteiger partial charge in [-0.3, -0.25) is 4.18 Å². The van der Waals surface area contributed by atoms with Crippen molar-refractivity contribution in [3.05, 3.63) is 0 Å². The normalized spacial score (nSPS) is 46.3. The molecule has 198 valence electrons. The van der Waals surface area contributed by atoms with E-state index in [9.17, 15) is 23.2 Å². The zero-order chi connectivity index (χ0) is 25.1. The second-order valence-electron chi connectivity index (χ2n) is 13.4. The first kappa shape index (κ1) is 30.3. The topological polar surface area (TPSA) is 107 Å². The largest absolute Gasteiger partial charge is 1.00 e. The van der Waals surface area contributed by atoms with E-state index in [0.29, 0.717) is 48.3 Å². The van der Waals surface area contributed by atoms with Crippen molar-refractivity contribution >= 4 is 10.4 Å². The Balaban J connectivity index is 0.00000342. The van der Waals surface area contributed by atoms with E-state index in [0.717, 1.165) is 24.7 Å². The summed E-state index contributed by atoms with van der Waals surface area (Å²) >= 11 is 0. The van der Waals surface area contributed by atoms with Gasteiger partial charge in [-0.2, -0.15) is 0 Å². The van der Waals surface area contributed by atoms with Gasteiger partial charge in [0.1, 0.15) is 0 Å². The van der Waals surface area contributed by atoms with Crippen molar-refractivity contribution in [2.24, 2.45) is 46.3 Å². The van der Waals surface area contributed by atoms with Gasteiger partial charge in [-0.15, -0.1) is 0 Å². The second kappa shape index (κ2) is 10.7. The molecule has 0 amide bonds. The number of fused-ring (bicyclic) bond motifs is 5. The van der Waals surface area contributed by atoms with E-state index < -0.39 is 33.6 Å². The first-order valence-corrected chi connectivity index (χ1v) is 15.1. The molecule has 0 saturated heterocycles. The van der Waals surface area contributed by atoms with Crippen LogP contribution in [0.15, 0.2) is 0 Å². The molecule has 4 aliphatic carbocycles. The zero-order valence-corrected chi connectivity index (χ0v) is 25.6. The Kier molecular flexibility index (Phi) is 9.32. The number of rotatable bonds is 7. The molecule has 8 heteroatoms. The minimum absolute atomic E-state index is 0. The summed E-state index contributed by atoms with van der Waals surface area (Å²) in [6, 6.07) is 0. The van der Waals surface area contributed by atoms with E-state index in [2.05, 4.69) is 34.6 Å². The first-order chi connectivity index (χ1) is 15.7. The van der Waals surface area contributed by atoms with Gasteiger partial charge < -0.3 is 14.8 Å². The molecular weight excluding hydrogens is 475 g/mol. The third-order valence-electron chi connectivity index (χ3n) is 11.3. The van der Waals surface area contributed by atoms with Gasteiger partial charge in [-0.05, 0) is 85.9 Å². The quantitative estimate of drug-likeness (QED) is 0.301. The molecule has 6 nitrogen and oxygen atoms in total. The van der Waals surface area contributed by atoms with Gasteiger partial charge in [0.05, 0.1) is 17.8 Å². The molecule has 0 aliphatic heterocycles. The van der Waals surface area contributed by atoms with Crippen LogP contribution in [0.1, 0.15) is 105 Å². The van der Waals surface area contributed by atoms with Gasteiger partial charge in [0.2, 0.25) is 10.4 Å². The van der Waals surface area contributed by atoms with Crippen LogP contribution in [-0.4, -0.2) is 41.0 Å². The summed E-state index contributed by atoms with van der Waals surface area (Å²) in [7, 11) is -4.84. The van der Waals surface area contributed by atoms with Crippen molar-refractivity contribution in [3.8, 4) is 0 Å². The first-order valence-electron chi connectivity index (χ1n) is 13.8. The van der Waals surface area contributed by atoms with Crippen LogP contribution < -0.4 is 29.6 Å². The van der Waals surface area contributed by atoms with Crippen LogP contribution in [0, 0.1) is 46.3 Å². The predicted octanol–water partition coefficient (Wildman–Crippen LogP) is 2.04. The molecule has 10 unspecified atom stereocenters. The summed E-state index contributed by atoms with van der Waals surface area (Å²) in [5, 5.41) is 23.1. The molecule has 0 radical (unpaired) electrons. The third-order valence-corrected chi connectivity index (χ3v) is 11.8. The molecule has 0 aromatic heterocycles. The van der Waals surface area contributed by atoms with Crippen molar-refractivity contribution in [2.75, 3.05) is 0 Å². The maximum absolute atomic E-state index is 11.8. The average molecular weight is 523 g/mol. The molecule has 4 fully saturated rings. The smallest absolute Gasteiger partial charge is 0.726 e. The fourth-order valence-corrected chi connectivity index (χ4v) is 10.0. The van der Waals surface area contributed by atoms with E-state index in [1.165, 1.54) is 32.1 Å². The number of hydrogen-bond acceptors (Lipinski definition) is 6. The summed E-state index contributed by atoms with van der Waals surface area (Å²) in [6.45, 7) is 11.6. The molecule has 0 bridgehead atoms. The van der Waals surface area contributed by atoms with Crippen molar-refractivity contribution in [3.63, 3.8) is 0 Å². The van der Waals surface area contributed by atoms with Crippen molar-refractivity contribution in [1.82, 2.24) is 0 Å². The zero-order valence-electron chi connectivity index (χ0n) is 22.8. The van der Waals surface area contributed by atoms with Crippen LogP contribution in [-0.2, 0) is 14.6 Å². The number of aliphatic hydroxyl groups excluding tert-OH is 1. The Morgan fingerprint density at radius 2 is 1.71 bits per heavy atom. The van der Waals surface area contributed by atoms with Crippen LogP contribution in [0.5, 0.6) is 0 Å². The van der Waals surface area contributed by atoms with E-state index in [1.54, 1.807) is 0 Å². The summed E-state index contributed by atoms with van der Waals surface area (Å²) in [5.74, 6) is 3.45.